The van der Waals surface area contributed by atoms with Gasteiger partial charge in [0.05, 0.1) is 5.69 Å². The topological polar surface area (TPSA) is 72.2 Å². The first-order chi connectivity index (χ1) is 9.38. The van der Waals surface area contributed by atoms with Crippen molar-refractivity contribution in [3.63, 3.8) is 0 Å². The van der Waals surface area contributed by atoms with Crippen molar-refractivity contribution < 1.29 is 12.8 Å². The number of hydrogen-bond acceptors (Lipinski definition) is 3. The van der Waals surface area contributed by atoms with E-state index in [1.54, 1.807) is 30.3 Å². The number of benzene rings is 2. The Bertz CT molecular complexity index is 735. The molecule has 0 amide bonds. The van der Waals surface area contributed by atoms with E-state index in [-0.39, 0.29) is 17.3 Å². The molecule has 2 aromatic rings. The van der Waals surface area contributed by atoms with Crippen molar-refractivity contribution in [3.05, 3.63) is 58.3 Å². The molecule has 0 radical (unpaired) electrons. The van der Waals surface area contributed by atoms with Crippen molar-refractivity contribution in [3.8, 4) is 0 Å². The molecule has 0 heterocycles. The highest BCUT2D eigenvalue weighted by Gasteiger charge is 2.13. The van der Waals surface area contributed by atoms with Gasteiger partial charge in [-0.25, -0.2) is 17.9 Å². The number of rotatable bonds is 4. The van der Waals surface area contributed by atoms with Gasteiger partial charge in [-0.05, 0) is 30.3 Å². The quantitative estimate of drug-likeness (QED) is 0.882. The Balaban J connectivity index is 2.26. The molecule has 106 valence electrons. The molecular weight excluding hydrogens is 347 g/mol. The molecule has 0 bridgehead atoms. The zero-order chi connectivity index (χ0) is 14.8. The normalized spacial score (nSPS) is 11.3. The second-order valence-corrected chi connectivity index (χ2v) is 6.58. The molecule has 3 N–H and O–H groups in total. The lowest BCUT2D eigenvalue weighted by Crippen LogP contribution is -2.15. The third-order valence-corrected chi connectivity index (χ3v) is 4.13. The van der Waals surface area contributed by atoms with E-state index in [4.69, 9.17) is 5.14 Å². The molecule has 0 spiro atoms. The highest BCUT2D eigenvalue weighted by Crippen LogP contribution is 2.21. The van der Waals surface area contributed by atoms with E-state index in [0.29, 0.717) is 11.3 Å². The summed E-state index contributed by atoms with van der Waals surface area (Å²) in [6.45, 7) is 0.151. The first kappa shape index (κ1) is 15.0. The van der Waals surface area contributed by atoms with Crippen LogP contribution in [0.25, 0.3) is 0 Å². The van der Waals surface area contributed by atoms with Crippen molar-refractivity contribution in [2.45, 2.75) is 11.4 Å². The van der Waals surface area contributed by atoms with Crippen LogP contribution in [0.15, 0.2) is 51.8 Å². The van der Waals surface area contributed by atoms with Crippen molar-refractivity contribution in [1.82, 2.24) is 0 Å². The summed E-state index contributed by atoms with van der Waals surface area (Å²) in [5, 5.41) is 8.02. The zero-order valence-corrected chi connectivity index (χ0v) is 12.7. The Labute approximate surface area is 125 Å². The highest BCUT2D eigenvalue weighted by atomic mass is 79.9. The third-order valence-electron chi connectivity index (χ3n) is 2.67. The van der Waals surface area contributed by atoms with Crippen LogP contribution in [-0.4, -0.2) is 8.42 Å². The van der Waals surface area contributed by atoms with E-state index in [1.807, 2.05) is 0 Å². The molecule has 4 nitrogen and oxygen atoms in total. The SMILES string of the molecule is NS(=O)(=O)c1ccccc1NCc1cc(Br)ccc1F. The van der Waals surface area contributed by atoms with Gasteiger partial charge in [-0.15, -0.1) is 0 Å². The van der Waals surface area contributed by atoms with Crippen molar-refractivity contribution in [1.29, 1.82) is 0 Å². The second-order valence-electron chi connectivity index (χ2n) is 4.13. The van der Waals surface area contributed by atoms with Gasteiger partial charge >= 0.3 is 0 Å². The first-order valence-corrected chi connectivity index (χ1v) is 8.01. The van der Waals surface area contributed by atoms with Gasteiger partial charge in [0.25, 0.3) is 0 Å². The van der Waals surface area contributed by atoms with Crippen molar-refractivity contribution in [2.75, 3.05) is 5.32 Å². The molecule has 20 heavy (non-hydrogen) atoms. The molecule has 0 saturated heterocycles. The van der Waals surface area contributed by atoms with E-state index in [0.717, 1.165) is 4.47 Å². The summed E-state index contributed by atoms with van der Waals surface area (Å²) in [6, 6.07) is 10.8. The number of halogens is 2. The molecule has 0 aliphatic heterocycles. The van der Waals surface area contributed by atoms with Gasteiger partial charge in [-0.2, -0.15) is 0 Å². The van der Waals surface area contributed by atoms with Gasteiger partial charge < -0.3 is 5.32 Å². The minimum absolute atomic E-state index is 0.0181. The van der Waals surface area contributed by atoms with Gasteiger partial charge in [-0.1, -0.05) is 28.1 Å². The highest BCUT2D eigenvalue weighted by molar-refractivity contribution is 9.10. The summed E-state index contributed by atoms with van der Waals surface area (Å²) >= 11 is 3.26. The Kier molecular flexibility index (Phi) is 4.42. The summed E-state index contributed by atoms with van der Waals surface area (Å²) in [6.07, 6.45) is 0. The molecule has 0 unspecified atom stereocenters. The number of sulfonamides is 1. The van der Waals surface area contributed by atoms with Gasteiger partial charge in [0.15, 0.2) is 0 Å². The minimum Gasteiger partial charge on any atom is -0.380 e. The van der Waals surface area contributed by atoms with Crippen LogP contribution < -0.4 is 10.5 Å². The van der Waals surface area contributed by atoms with Crippen LogP contribution in [-0.2, 0) is 16.6 Å². The maximum Gasteiger partial charge on any atom is 0.240 e. The molecule has 0 fully saturated rings. The lowest BCUT2D eigenvalue weighted by molar-refractivity contribution is 0.598. The molecule has 7 heteroatoms. The summed E-state index contributed by atoms with van der Waals surface area (Å²) in [4.78, 5) is -0.0181. The largest absolute Gasteiger partial charge is 0.380 e. The number of anilines is 1. The van der Waals surface area contributed by atoms with E-state index < -0.39 is 10.0 Å². The van der Waals surface area contributed by atoms with E-state index in [9.17, 15) is 12.8 Å². The Morgan fingerprint density at radius 2 is 1.90 bits per heavy atom. The fourth-order valence-corrected chi connectivity index (χ4v) is 2.85. The summed E-state index contributed by atoms with van der Waals surface area (Å²) < 4.78 is 37.2. The standard InChI is InChI=1S/C13H12BrFN2O2S/c14-10-5-6-11(15)9(7-10)8-17-12-3-1-2-4-13(12)20(16,18)19/h1-7,17H,8H2,(H2,16,18,19). The monoisotopic (exact) mass is 358 g/mol. The summed E-state index contributed by atoms with van der Waals surface area (Å²) in [7, 11) is -3.82. The van der Waals surface area contributed by atoms with E-state index >= 15 is 0 Å². The smallest absolute Gasteiger partial charge is 0.240 e. The van der Waals surface area contributed by atoms with Crippen LogP contribution in [0.3, 0.4) is 0 Å². The summed E-state index contributed by atoms with van der Waals surface area (Å²) in [5.74, 6) is -0.367. The minimum atomic E-state index is -3.82. The van der Waals surface area contributed by atoms with Gasteiger partial charge in [0.2, 0.25) is 10.0 Å². The second kappa shape index (κ2) is 5.90. The molecule has 0 aromatic heterocycles. The van der Waals surface area contributed by atoms with Crippen LogP contribution in [0.5, 0.6) is 0 Å². The molecular formula is C13H12BrFN2O2S. The average Bonchev–Trinajstić information content (AvgIpc) is 2.39. The van der Waals surface area contributed by atoms with Gasteiger partial charge in [0, 0.05) is 16.6 Å². The Morgan fingerprint density at radius 3 is 2.60 bits per heavy atom. The lowest BCUT2D eigenvalue weighted by Gasteiger charge is -2.11. The fraction of sp³-hybridized carbons (Fsp3) is 0.0769. The van der Waals surface area contributed by atoms with Gasteiger partial charge in [-0.3, -0.25) is 0 Å². The maximum absolute atomic E-state index is 13.6. The van der Waals surface area contributed by atoms with E-state index in [2.05, 4.69) is 21.2 Å². The van der Waals surface area contributed by atoms with Crippen LogP contribution in [0.1, 0.15) is 5.56 Å². The zero-order valence-electron chi connectivity index (χ0n) is 10.3. The number of para-hydroxylation sites is 1. The Morgan fingerprint density at radius 1 is 1.20 bits per heavy atom. The van der Waals surface area contributed by atoms with Crippen LogP contribution >= 0.6 is 15.9 Å². The lowest BCUT2D eigenvalue weighted by atomic mass is 10.2. The number of primary sulfonamides is 1. The van der Waals surface area contributed by atoms with Crippen LogP contribution in [0.2, 0.25) is 0 Å². The predicted octanol–water partition coefficient (Wildman–Crippen LogP) is 2.85. The molecule has 0 saturated carbocycles. The number of nitrogens with one attached hydrogen (secondary N) is 1. The average molecular weight is 359 g/mol. The molecule has 2 aromatic carbocycles. The third kappa shape index (κ3) is 3.56. The number of nitrogens with two attached hydrogens (primary N) is 1. The van der Waals surface area contributed by atoms with E-state index in [1.165, 1.54) is 12.1 Å². The molecule has 0 aliphatic carbocycles. The molecule has 0 aliphatic rings. The van der Waals surface area contributed by atoms with Crippen molar-refractivity contribution in [2.24, 2.45) is 5.14 Å². The van der Waals surface area contributed by atoms with Crippen LogP contribution in [0.4, 0.5) is 10.1 Å². The summed E-state index contributed by atoms with van der Waals surface area (Å²) in [5.41, 5.74) is 0.762. The van der Waals surface area contributed by atoms with Crippen molar-refractivity contribution >= 4 is 31.6 Å². The Hall–Kier alpha value is -1.44. The first-order valence-electron chi connectivity index (χ1n) is 5.67. The molecule has 2 rings (SSSR count). The van der Waals surface area contributed by atoms with Gasteiger partial charge in [0.1, 0.15) is 10.7 Å². The fourth-order valence-electron chi connectivity index (χ4n) is 1.73. The van der Waals surface area contributed by atoms with Crippen LogP contribution in [0, 0.1) is 5.82 Å². The predicted molar refractivity (Wildman–Crippen MR) is 79.2 cm³/mol. The molecule has 0 atom stereocenters. The number of hydrogen-bond donors (Lipinski definition) is 2. The maximum atomic E-state index is 13.6.